The van der Waals surface area contributed by atoms with Gasteiger partial charge in [-0.3, -0.25) is 0 Å². The van der Waals surface area contributed by atoms with Gasteiger partial charge in [0.05, 0.1) is 5.60 Å². The first-order chi connectivity index (χ1) is 7.41. The quantitative estimate of drug-likeness (QED) is 0.710. The molecule has 1 nitrogen and oxygen atoms in total. The van der Waals surface area contributed by atoms with E-state index in [1.807, 2.05) is 13.0 Å². The van der Waals surface area contributed by atoms with Gasteiger partial charge in [-0.25, -0.2) is 0 Å². The Balaban J connectivity index is 2.39. The highest BCUT2D eigenvalue weighted by Crippen LogP contribution is 2.31. The third-order valence-corrected chi connectivity index (χ3v) is 3.59. The highest BCUT2D eigenvalue weighted by molar-refractivity contribution is 5.06. The molecule has 0 bridgehead atoms. The maximum atomic E-state index is 9.83. The highest BCUT2D eigenvalue weighted by Gasteiger charge is 2.25. The Morgan fingerprint density at radius 3 is 2.75 bits per heavy atom. The summed E-state index contributed by atoms with van der Waals surface area (Å²) in [5, 5.41) is 9.83. The van der Waals surface area contributed by atoms with Crippen LogP contribution in [-0.4, -0.2) is 10.7 Å². The molecule has 0 saturated carbocycles. The second-order valence-electron chi connectivity index (χ2n) is 5.75. The molecule has 16 heavy (non-hydrogen) atoms. The maximum absolute atomic E-state index is 9.83. The zero-order chi connectivity index (χ0) is 12.2. The maximum Gasteiger partial charge on any atom is 0.0800 e. The molecule has 0 aromatic carbocycles. The van der Waals surface area contributed by atoms with Crippen LogP contribution in [0.4, 0.5) is 0 Å². The molecule has 0 fully saturated rings. The molecule has 1 N–H and O–H groups in total. The third kappa shape index (κ3) is 4.52. The molecule has 0 saturated heterocycles. The minimum atomic E-state index is -0.559. The molecule has 3 atom stereocenters. The molecule has 1 aliphatic carbocycles. The van der Waals surface area contributed by atoms with E-state index in [0.29, 0.717) is 5.92 Å². The predicted molar refractivity (Wildman–Crippen MR) is 70.3 cm³/mol. The van der Waals surface area contributed by atoms with E-state index in [1.165, 1.54) is 18.4 Å². The molecular formula is C15H26O. The zero-order valence-corrected chi connectivity index (χ0v) is 11.2. The molecule has 0 amide bonds. The summed E-state index contributed by atoms with van der Waals surface area (Å²) in [7, 11) is 0. The lowest BCUT2D eigenvalue weighted by Gasteiger charge is -2.30. The van der Waals surface area contributed by atoms with E-state index in [4.69, 9.17) is 0 Å². The van der Waals surface area contributed by atoms with Gasteiger partial charge in [0.25, 0.3) is 0 Å². The lowest BCUT2D eigenvalue weighted by atomic mass is 9.79. The van der Waals surface area contributed by atoms with Gasteiger partial charge >= 0.3 is 0 Å². The second kappa shape index (κ2) is 5.67. The molecule has 0 radical (unpaired) electrons. The van der Waals surface area contributed by atoms with Gasteiger partial charge in [0, 0.05) is 0 Å². The molecule has 0 spiro atoms. The van der Waals surface area contributed by atoms with Crippen LogP contribution >= 0.6 is 0 Å². The number of allylic oxidation sites excluding steroid dienone is 3. The fourth-order valence-corrected chi connectivity index (χ4v) is 2.29. The first-order valence-corrected chi connectivity index (χ1v) is 6.46. The van der Waals surface area contributed by atoms with E-state index < -0.39 is 5.60 Å². The number of hydrogen-bond donors (Lipinski definition) is 1. The molecule has 1 heteroatoms. The van der Waals surface area contributed by atoms with Crippen molar-refractivity contribution in [2.75, 3.05) is 0 Å². The van der Waals surface area contributed by atoms with Crippen LogP contribution in [0.2, 0.25) is 0 Å². The van der Waals surface area contributed by atoms with Gasteiger partial charge in [-0.2, -0.15) is 0 Å². The average Bonchev–Trinajstić information content (AvgIpc) is 2.16. The summed E-state index contributed by atoms with van der Waals surface area (Å²) in [5.74, 6) is 1.38. The Kier molecular flexibility index (Phi) is 4.79. The number of rotatable bonds is 4. The normalized spacial score (nSPS) is 31.2. The van der Waals surface area contributed by atoms with Gasteiger partial charge in [-0.15, -0.1) is 0 Å². The molecule has 0 aromatic heterocycles. The van der Waals surface area contributed by atoms with Crippen molar-refractivity contribution in [3.63, 3.8) is 0 Å². The van der Waals surface area contributed by atoms with Crippen LogP contribution in [0.5, 0.6) is 0 Å². The lowest BCUT2D eigenvalue weighted by molar-refractivity contribution is 0.0833. The van der Waals surface area contributed by atoms with Crippen molar-refractivity contribution < 1.29 is 5.11 Å². The van der Waals surface area contributed by atoms with Crippen LogP contribution in [-0.2, 0) is 0 Å². The Morgan fingerprint density at radius 1 is 1.56 bits per heavy atom. The standard InChI is InChI=1S/C15H26O/c1-12(2)6-5-7-13(3)14-8-10-15(4,16)11-9-14/h6,8,10,13-14,16H,5,7,9,11H2,1-4H3/t13-,14?,15?/m1/s1. The van der Waals surface area contributed by atoms with Gasteiger partial charge in [-0.05, 0) is 58.3 Å². The molecule has 1 rings (SSSR count). The van der Waals surface area contributed by atoms with Crippen LogP contribution in [0.15, 0.2) is 23.8 Å². The summed E-state index contributed by atoms with van der Waals surface area (Å²) in [5.41, 5.74) is 0.852. The van der Waals surface area contributed by atoms with E-state index in [2.05, 4.69) is 32.9 Å². The van der Waals surface area contributed by atoms with Crippen molar-refractivity contribution in [2.24, 2.45) is 11.8 Å². The van der Waals surface area contributed by atoms with E-state index in [-0.39, 0.29) is 0 Å². The SMILES string of the molecule is CC(C)=CCC[C@@H](C)C1C=CC(C)(O)CC1. The Morgan fingerprint density at radius 2 is 2.25 bits per heavy atom. The van der Waals surface area contributed by atoms with Gasteiger partial charge < -0.3 is 5.11 Å². The van der Waals surface area contributed by atoms with Gasteiger partial charge in [0.1, 0.15) is 0 Å². The third-order valence-electron chi connectivity index (χ3n) is 3.59. The Hall–Kier alpha value is -0.560. The summed E-state index contributed by atoms with van der Waals surface area (Å²) >= 11 is 0. The van der Waals surface area contributed by atoms with Crippen LogP contribution < -0.4 is 0 Å². The summed E-state index contributed by atoms with van der Waals surface area (Å²) < 4.78 is 0. The summed E-state index contributed by atoms with van der Waals surface area (Å²) in [6, 6.07) is 0. The van der Waals surface area contributed by atoms with Crippen LogP contribution in [0.1, 0.15) is 53.4 Å². The fraction of sp³-hybridized carbons (Fsp3) is 0.733. The van der Waals surface area contributed by atoms with Gasteiger partial charge in [0.2, 0.25) is 0 Å². The highest BCUT2D eigenvalue weighted by atomic mass is 16.3. The summed E-state index contributed by atoms with van der Waals surface area (Å²) in [6.45, 7) is 8.53. The van der Waals surface area contributed by atoms with Crippen LogP contribution in [0.25, 0.3) is 0 Å². The number of hydrogen-bond acceptors (Lipinski definition) is 1. The van der Waals surface area contributed by atoms with E-state index in [0.717, 1.165) is 18.8 Å². The summed E-state index contributed by atoms with van der Waals surface area (Å²) in [4.78, 5) is 0. The van der Waals surface area contributed by atoms with Crippen molar-refractivity contribution in [1.29, 1.82) is 0 Å². The van der Waals surface area contributed by atoms with E-state index in [1.54, 1.807) is 0 Å². The van der Waals surface area contributed by atoms with Crippen molar-refractivity contribution in [3.05, 3.63) is 23.8 Å². The topological polar surface area (TPSA) is 20.2 Å². The first kappa shape index (κ1) is 13.5. The molecule has 0 aliphatic heterocycles. The van der Waals surface area contributed by atoms with Crippen molar-refractivity contribution in [2.45, 2.75) is 59.0 Å². The first-order valence-electron chi connectivity index (χ1n) is 6.46. The van der Waals surface area contributed by atoms with Gasteiger partial charge in [0.15, 0.2) is 0 Å². The Bertz CT molecular complexity index is 269. The molecule has 1 aliphatic rings. The van der Waals surface area contributed by atoms with Crippen LogP contribution in [0.3, 0.4) is 0 Å². The zero-order valence-electron chi connectivity index (χ0n) is 11.2. The van der Waals surface area contributed by atoms with Crippen molar-refractivity contribution in [1.82, 2.24) is 0 Å². The molecule has 92 valence electrons. The molecular weight excluding hydrogens is 196 g/mol. The van der Waals surface area contributed by atoms with Crippen LogP contribution in [0, 0.1) is 11.8 Å². The fourth-order valence-electron chi connectivity index (χ4n) is 2.29. The second-order valence-corrected chi connectivity index (χ2v) is 5.75. The van der Waals surface area contributed by atoms with Gasteiger partial charge in [-0.1, -0.05) is 30.7 Å². The molecule has 2 unspecified atom stereocenters. The number of aliphatic hydroxyl groups is 1. The monoisotopic (exact) mass is 222 g/mol. The van der Waals surface area contributed by atoms with Crippen molar-refractivity contribution in [3.8, 4) is 0 Å². The lowest BCUT2D eigenvalue weighted by Crippen LogP contribution is -2.27. The van der Waals surface area contributed by atoms with Crippen molar-refractivity contribution >= 4 is 0 Å². The molecule has 0 heterocycles. The Labute approximate surface area is 100 Å². The summed E-state index contributed by atoms with van der Waals surface area (Å²) in [6.07, 6.45) is 11.0. The van der Waals surface area contributed by atoms with E-state index >= 15 is 0 Å². The largest absolute Gasteiger partial charge is 0.386 e. The predicted octanol–water partition coefficient (Wildman–Crippen LogP) is 4.09. The molecule has 0 aromatic rings. The minimum absolute atomic E-state index is 0.559. The average molecular weight is 222 g/mol. The smallest absolute Gasteiger partial charge is 0.0800 e. The van der Waals surface area contributed by atoms with E-state index in [9.17, 15) is 5.11 Å². The minimum Gasteiger partial charge on any atom is -0.386 e.